The van der Waals surface area contributed by atoms with Crippen LogP contribution in [0.5, 0.6) is 0 Å². The zero-order valence-corrected chi connectivity index (χ0v) is 1.46. The van der Waals surface area contributed by atoms with Crippen LogP contribution in [0.1, 0.15) is 0 Å². The maximum Gasteiger partial charge on any atom is 0 e. The standard InChI is InChI=1S/Al.4Ca.Fe.11H. The average Bonchev–Trinajstić information content (AvgIpc) is 0. The fraction of sp³-hybridized carbons (Fsp3) is 0. The van der Waals surface area contributed by atoms with Gasteiger partial charge in [0.25, 0.3) is 0 Å². The molecule has 0 unspecified atom stereocenters. The van der Waals surface area contributed by atoms with Gasteiger partial charge in [0.15, 0.2) is 17.4 Å². The second-order valence-corrected chi connectivity index (χ2v) is 0. The molecule has 0 bridgehead atoms. The van der Waals surface area contributed by atoms with Gasteiger partial charge in [0, 0.05) is 17.1 Å². The van der Waals surface area contributed by atoms with Crippen molar-refractivity contribution in [3.8, 4) is 0 Å². The Morgan fingerprint density at radius 1 is 0.500 bits per heavy atom. The predicted molar refractivity (Wildman–Crippen MR) is 44.1 cm³/mol. The molecule has 6 heteroatoms. The zero-order valence-electron chi connectivity index (χ0n) is 0.354. The molecule has 0 radical (unpaired) electrons. The fourth-order valence-corrected chi connectivity index (χ4v) is 0. The predicted octanol–water partition coefficient (Wildman–Crippen LogP) is -4.85. The summed E-state index contributed by atoms with van der Waals surface area (Å²) in [6, 6.07) is 0. The maximum absolute atomic E-state index is 0. The van der Waals surface area contributed by atoms with E-state index in [-0.39, 0.29) is 185 Å². The molecule has 0 N–H and O–H groups in total. The maximum atomic E-state index is 0. The van der Waals surface area contributed by atoms with E-state index in [0.29, 0.717) is 0 Å². The SMILES string of the molecule is [AlH3].[CaH2].[CaH2].[CaH2].[CaH2].[Fe]. The monoisotopic (exact) mass is 254 g/mol. The third-order valence-electron chi connectivity index (χ3n) is 0. The van der Waals surface area contributed by atoms with Crippen LogP contribution in [0.4, 0.5) is 0 Å². The van der Waals surface area contributed by atoms with Crippen molar-refractivity contribution in [3.63, 3.8) is 0 Å². The van der Waals surface area contributed by atoms with Crippen molar-refractivity contribution in [2.75, 3.05) is 0 Å². The van der Waals surface area contributed by atoms with Crippen molar-refractivity contribution in [1.29, 1.82) is 0 Å². The Kier molecular flexibility index (Phi) is 203. The van der Waals surface area contributed by atoms with E-state index in [9.17, 15) is 0 Å². The first-order valence-corrected chi connectivity index (χ1v) is 0. The molecule has 6 heavy (non-hydrogen) atoms. The number of rotatable bonds is 0. The molecule has 0 amide bonds. The summed E-state index contributed by atoms with van der Waals surface area (Å²) in [4.78, 5) is 0. The molecular formula is H11AlCa4Fe. The fourth-order valence-electron chi connectivity index (χ4n) is 0. The van der Waals surface area contributed by atoms with Gasteiger partial charge in [-0.2, -0.15) is 0 Å². The van der Waals surface area contributed by atoms with Crippen LogP contribution in [0.2, 0.25) is 0 Å². The minimum absolute atomic E-state index is 0. The van der Waals surface area contributed by atoms with Gasteiger partial charge in [0.1, 0.15) is 0 Å². The summed E-state index contributed by atoms with van der Waals surface area (Å²) in [5.41, 5.74) is 0. The molecule has 0 aliphatic heterocycles. The van der Waals surface area contributed by atoms with Crippen LogP contribution in [0, 0.1) is 0 Å². The summed E-state index contributed by atoms with van der Waals surface area (Å²) < 4.78 is 0. The number of hydrogen-bond donors (Lipinski definition) is 0. The van der Waals surface area contributed by atoms with Crippen LogP contribution in [-0.2, 0) is 17.1 Å². The van der Waals surface area contributed by atoms with Gasteiger partial charge in [-0.1, -0.05) is 0 Å². The van der Waals surface area contributed by atoms with Crippen LogP contribution >= 0.6 is 0 Å². The summed E-state index contributed by atoms with van der Waals surface area (Å²) in [6.07, 6.45) is 0. The van der Waals surface area contributed by atoms with Gasteiger partial charge in [-0.25, -0.2) is 0 Å². The molecule has 0 atom stereocenters. The van der Waals surface area contributed by atoms with Crippen LogP contribution in [0.25, 0.3) is 0 Å². The molecule has 0 fully saturated rings. The van der Waals surface area contributed by atoms with Crippen molar-refractivity contribution in [2.24, 2.45) is 0 Å². The molecule has 0 heterocycles. The van der Waals surface area contributed by atoms with E-state index in [2.05, 4.69) is 0 Å². The first-order valence-electron chi connectivity index (χ1n) is 0. The molecule has 0 aliphatic rings. The summed E-state index contributed by atoms with van der Waals surface area (Å²) in [5, 5.41) is 0. The van der Waals surface area contributed by atoms with Gasteiger partial charge in [0.2, 0.25) is 0 Å². The van der Waals surface area contributed by atoms with E-state index < -0.39 is 0 Å². The third-order valence-corrected chi connectivity index (χ3v) is 0. The van der Waals surface area contributed by atoms with Gasteiger partial charge in [0.05, 0.1) is 0 Å². The molecule has 0 saturated carbocycles. The molecular weight excluding hydrogens is 243 g/mol. The smallest absolute Gasteiger partial charge is 0 e. The van der Waals surface area contributed by atoms with Crippen LogP contribution in [0.3, 0.4) is 0 Å². The van der Waals surface area contributed by atoms with Crippen molar-refractivity contribution in [1.82, 2.24) is 0 Å². The molecule has 0 aromatic heterocycles. The van der Waals surface area contributed by atoms with Crippen LogP contribution in [-0.4, -0.2) is 168 Å². The Morgan fingerprint density at radius 3 is 0.500 bits per heavy atom. The van der Waals surface area contributed by atoms with Gasteiger partial charge >= 0.3 is 151 Å². The Balaban J connectivity index is 0. The van der Waals surface area contributed by atoms with Crippen molar-refractivity contribution in [3.05, 3.63) is 0 Å². The van der Waals surface area contributed by atoms with E-state index in [1.54, 1.807) is 0 Å². The first kappa shape index (κ1) is 40.1. The van der Waals surface area contributed by atoms with Gasteiger partial charge in [-0.15, -0.1) is 0 Å². The Morgan fingerprint density at radius 2 is 0.500 bits per heavy atom. The van der Waals surface area contributed by atoms with Gasteiger partial charge < -0.3 is 0 Å². The second kappa shape index (κ2) is 30.4. The topological polar surface area (TPSA) is 0 Å². The summed E-state index contributed by atoms with van der Waals surface area (Å²) in [6.45, 7) is 0. The molecule has 0 nitrogen and oxygen atoms in total. The minimum atomic E-state index is 0. The summed E-state index contributed by atoms with van der Waals surface area (Å²) >= 11 is 0. The van der Waals surface area contributed by atoms with Crippen molar-refractivity contribution >= 4 is 168 Å². The summed E-state index contributed by atoms with van der Waals surface area (Å²) in [5.74, 6) is 0. The van der Waals surface area contributed by atoms with E-state index in [1.807, 2.05) is 0 Å². The minimum Gasteiger partial charge on any atom is 0 e. The van der Waals surface area contributed by atoms with Crippen molar-refractivity contribution in [2.45, 2.75) is 0 Å². The van der Waals surface area contributed by atoms with Crippen molar-refractivity contribution < 1.29 is 17.1 Å². The first-order chi connectivity index (χ1) is 0. The molecule has 0 aromatic carbocycles. The van der Waals surface area contributed by atoms with Gasteiger partial charge in [-0.3, -0.25) is 0 Å². The van der Waals surface area contributed by atoms with E-state index in [0.717, 1.165) is 0 Å². The summed E-state index contributed by atoms with van der Waals surface area (Å²) in [7, 11) is 0. The Labute approximate surface area is 179 Å². The van der Waals surface area contributed by atoms with E-state index in [1.165, 1.54) is 0 Å². The van der Waals surface area contributed by atoms with Crippen LogP contribution < -0.4 is 0 Å². The molecule has 0 spiro atoms. The van der Waals surface area contributed by atoms with Crippen LogP contribution in [0.15, 0.2) is 0 Å². The largest absolute Gasteiger partial charge is 0 e. The Hall–Kier alpha value is 6.09. The zero-order chi connectivity index (χ0) is 0. The molecule has 0 aliphatic carbocycles. The number of hydrogen-bond acceptors (Lipinski definition) is 0. The van der Waals surface area contributed by atoms with E-state index >= 15 is 0 Å². The molecule has 30 valence electrons. The molecule has 0 aromatic rings. The Bertz CT molecular complexity index is 7.51. The quantitative estimate of drug-likeness (QED) is 0.380. The molecule has 0 rings (SSSR count). The van der Waals surface area contributed by atoms with Gasteiger partial charge in [-0.05, 0) is 0 Å². The second-order valence-electron chi connectivity index (χ2n) is 0. The normalized spacial score (nSPS) is 0. The average molecular weight is 254 g/mol. The molecule has 0 saturated heterocycles. The third kappa shape index (κ3) is 22.5. The van der Waals surface area contributed by atoms with E-state index in [4.69, 9.17) is 0 Å².